The van der Waals surface area contributed by atoms with Gasteiger partial charge in [-0.3, -0.25) is 0 Å². The molecule has 0 saturated carbocycles. The fourth-order valence-corrected chi connectivity index (χ4v) is 2.19. The highest BCUT2D eigenvalue weighted by atomic mass is 32.1. The Bertz CT molecular complexity index is 525. The molecule has 86 valence electrons. The lowest BCUT2D eigenvalue weighted by atomic mass is 10.2. The fourth-order valence-electron chi connectivity index (χ4n) is 1.45. The van der Waals surface area contributed by atoms with Crippen molar-refractivity contribution < 1.29 is 5.11 Å². The van der Waals surface area contributed by atoms with Crippen molar-refractivity contribution in [2.24, 2.45) is 0 Å². The number of benzene rings is 1. The van der Waals surface area contributed by atoms with Gasteiger partial charge in [-0.15, -0.1) is 11.3 Å². The van der Waals surface area contributed by atoms with Crippen molar-refractivity contribution in [3.63, 3.8) is 0 Å². The molecule has 0 bridgehead atoms. The van der Waals surface area contributed by atoms with E-state index in [4.69, 9.17) is 10.4 Å². The average molecular weight is 244 g/mol. The Hall–Kier alpha value is -1.83. The molecule has 0 saturated heterocycles. The molecule has 0 atom stereocenters. The van der Waals surface area contributed by atoms with Crippen LogP contribution in [0.1, 0.15) is 15.3 Å². The van der Waals surface area contributed by atoms with Gasteiger partial charge in [-0.05, 0) is 29.8 Å². The maximum Gasteiger partial charge on any atom is 0.110 e. The van der Waals surface area contributed by atoms with E-state index in [1.807, 2.05) is 36.4 Å². The highest BCUT2D eigenvalue weighted by Crippen LogP contribution is 2.17. The number of aliphatic hydroxyl groups is 1. The summed E-state index contributed by atoms with van der Waals surface area (Å²) in [4.78, 5) is 1.87. The molecule has 0 radical (unpaired) electrons. The van der Waals surface area contributed by atoms with E-state index >= 15 is 0 Å². The molecule has 2 aromatic rings. The van der Waals surface area contributed by atoms with Crippen LogP contribution in [-0.4, -0.2) is 5.11 Å². The molecule has 17 heavy (non-hydrogen) atoms. The quantitative estimate of drug-likeness (QED) is 0.869. The summed E-state index contributed by atoms with van der Waals surface area (Å²) in [6, 6.07) is 13.6. The summed E-state index contributed by atoms with van der Waals surface area (Å²) in [6.45, 7) is 0.779. The minimum Gasteiger partial charge on any atom is -0.392 e. The first-order chi connectivity index (χ1) is 8.31. The highest BCUT2D eigenvalue weighted by Gasteiger charge is 1.99. The van der Waals surface area contributed by atoms with Gasteiger partial charge in [0.15, 0.2) is 0 Å². The number of hydrogen-bond donors (Lipinski definition) is 2. The second kappa shape index (κ2) is 5.48. The van der Waals surface area contributed by atoms with Crippen LogP contribution in [0, 0.1) is 11.3 Å². The van der Waals surface area contributed by atoms with Gasteiger partial charge in [0.25, 0.3) is 0 Å². The summed E-state index contributed by atoms with van der Waals surface area (Å²) in [7, 11) is 0. The van der Waals surface area contributed by atoms with E-state index in [2.05, 4.69) is 11.4 Å². The third-order valence-electron chi connectivity index (χ3n) is 2.38. The Labute approximate surface area is 104 Å². The van der Waals surface area contributed by atoms with Crippen LogP contribution < -0.4 is 5.32 Å². The number of hydrogen-bond acceptors (Lipinski definition) is 4. The topological polar surface area (TPSA) is 56.0 Å². The Morgan fingerprint density at radius 1 is 1.18 bits per heavy atom. The van der Waals surface area contributed by atoms with E-state index in [0.29, 0.717) is 6.54 Å². The van der Waals surface area contributed by atoms with Crippen LogP contribution in [-0.2, 0) is 13.2 Å². The van der Waals surface area contributed by atoms with Crippen LogP contribution >= 0.6 is 11.3 Å². The Morgan fingerprint density at radius 3 is 2.53 bits per heavy atom. The number of nitrogens with one attached hydrogen (secondary N) is 1. The number of aliphatic hydroxyl groups excluding tert-OH is 1. The van der Waals surface area contributed by atoms with Crippen LogP contribution in [0.4, 0.5) is 5.69 Å². The monoisotopic (exact) mass is 244 g/mol. The van der Waals surface area contributed by atoms with Crippen LogP contribution in [0.5, 0.6) is 0 Å². The summed E-state index contributed by atoms with van der Waals surface area (Å²) in [5.74, 6) is 0. The van der Waals surface area contributed by atoms with Crippen LogP contribution in [0.25, 0.3) is 0 Å². The predicted octanol–water partition coefficient (Wildman–Crippen LogP) is 2.72. The third-order valence-corrected chi connectivity index (χ3v) is 3.36. The fraction of sp³-hybridized carbons (Fsp3) is 0.154. The molecule has 2 rings (SSSR count). The first-order valence-corrected chi connectivity index (χ1v) is 6.06. The molecular weight excluding hydrogens is 232 g/mol. The van der Waals surface area contributed by atoms with E-state index in [-0.39, 0.29) is 6.61 Å². The molecule has 1 aromatic carbocycles. The van der Waals surface area contributed by atoms with E-state index < -0.39 is 0 Å². The van der Waals surface area contributed by atoms with E-state index in [1.165, 1.54) is 11.3 Å². The highest BCUT2D eigenvalue weighted by molar-refractivity contribution is 7.12. The normalized spacial score (nSPS) is 9.88. The number of nitrogens with zero attached hydrogens (tertiary/aromatic N) is 1. The predicted molar refractivity (Wildman–Crippen MR) is 68.7 cm³/mol. The Kier molecular flexibility index (Phi) is 3.76. The van der Waals surface area contributed by atoms with Crippen molar-refractivity contribution in [2.75, 3.05) is 5.32 Å². The molecule has 4 heteroatoms. The number of anilines is 1. The lowest BCUT2D eigenvalue weighted by Crippen LogP contribution is -1.97. The van der Waals surface area contributed by atoms with Crippen LogP contribution in [0.15, 0.2) is 36.4 Å². The zero-order valence-corrected chi connectivity index (χ0v) is 10.00. The first kappa shape index (κ1) is 11.6. The minimum absolute atomic E-state index is 0.0662. The SMILES string of the molecule is N#Cc1ccc(CNc2ccc(CO)cc2)s1. The van der Waals surface area contributed by atoms with Crippen molar-refractivity contribution in [2.45, 2.75) is 13.2 Å². The standard InChI is InChI=1S/C13H12N2OS/c14-7-12-5-6-13(17-12)8-15-11-3-1-10(9-16)2-4-11/h1-6,15-16H,8-9H2. The molecule has 0 aliphatic carbocycles. The molecule has 1 heterocycles. The van der Waals surface area contributed by atoms with Crippen molar-refractivity contribution in [3.8, 4) is 6.07 Å². The summed E-state index contributed by atoms with van der Waals surface area (Å²) in [5.41, 5.74) is 1.91. The molecule has 0 fully saturated rings. The molecule has 2 N–H and O–H groups in total. The minimum atomic E-state index is 0.0662. The number of thiophene rings is 1. The van der Waals surface area contributed by atoms with Gasteiger partial charge in [0.05, 0.1) is 6.61 Å². The maximum absolute atomic E-state index is 8.92. The number of rotatable bonds is 4. The first-order valence-electron chi connectivity index (χ1n) is 5.24. The van der Waals surface area contributed by atoms with Gasteiger partial charge in [-0.2, -0.15) is 5.26 Å². The van der Waals surface area contributed by atoms with Crippen molar-refractivity contribution in [3.05, 3.63) is 51.7 Å². The zero-order chi connectivity index (χ0) is 12.1. The molecular formula is C13H12N2OS. The van der Waals surface area contributed by atoms with Crippen LogP contribution in [0.2, 0.25) is 0 Å². The average Bonchev–Trinajstić information content (AvgIpc) is 2.85. The molecule has 0 aliphatic heterocycles. The van der Waals surface area contributed by atoms with Gasteiger partial charge in [0, 0.05) is 17.1 Å². The lowest BCUT2D eigenvalue weighted by molar-refractivity contribution is 0.282. The number of nitriles is 1. The molecule has 1 aromatic heterocycles. The summed E-state index contributed by atoms with van der Waals surface area (Å²) < 4.78 is 0. The van der Waals surface area contributed by atoms with Gasteiger partial charge in [0.2, 0.25) is 0 Å². The van der Waals surface area contributed by atoms with Crippen LogP contribution in [0.3, 0.4) is 0 Å². The second-order valence-electron chi connectivity index (χ2n) is 3.59. The maximum atomic E-state index is 8.92. The Morgan fingerprint density at radius 2 is 1.94 bits per heavy atom. The summed E-state index contributed by atoms with van der Waals surface area (Å²) in [6.07, 6.45) is 0. The van der Waals surface area contributed by atoms with Gasteiger partial charge in [-0.1, -0.05) is 12.1 Å². The van der Waals surface area contributed by atoms with Gasteiger partial charge in [0.1, 0.15) is 10.9 Å². The van der Waals surface area contributed by atoms with E-state index in [1.54, 1.807) is 0 Å². The van der Waals surface area contributed by atoms with Crippen molar-refractivity contribution >= 4 is 17.0 Å². The van der Waals surface area contributed by atoms with Gasteiger partial charge in [-0.25, -0.2) is 0 Å². The molecule has 0 amide bonds. The van der Waals surface area contributed by atoms with E-state index in [0.717, 1.165) is 21.0 Å². The zero-order valence-electron chi connectivity index (χ0n) is 9.18. The van der Waals surface area contributed by atoms with Crippen molar-refractivity contribution in [1.29, 1.82) is 5.26 Å². The summed E-state index contributed by atoms with van der Waals surface area (Å²) in [5, 5.41) is 20.9. The lowest BCUT2D eigenvalue weighted by Gasteiger charge is -2.05. The van der Waals surface area contributed by atoms with Gasteiger partial charge >= 0.3 is 0 Å². The molecule has 0 aliphatic rings. The van der Waals surface area contributed by atoms with Gasteiger partial charge < -0.3 is 10.4 Å². The molecule has 0 spiro atoms. The van der Waals surface area contributed by atoms with Crippen molar-refractivity contribution in [1.82, 2.24) is 0 Å². The third kappa shape index (κ3) is 3.06. The smallest absolute Gasteiger partial charge is 0.110 e. The van der Waals surface area contributed by atoms with E-state index in [9.17, 15) is 0 Å². The second-order valence-corrected chi connectivity index (χ2v) is 4.75. The largest absolute Gasteiger partial charge is 0.392 e. The molecule has 0 unspecified atom stereocenters. The Balaban J connectivity index is 1.95. The summed E-state index contributed by atoms with van der Waals surface area (Å²) >= 11 is 1.50. The molecule has 3 nitrogen and oxygen atoms in total.